The molecule has 2 aromatic heterocycles. The number of aryl methyl sites for hydroxylation is 2. The number of ether oxygens (including phenoxy) is 1. The van der Waals surface area contributed by atoms with E-state index >= 15 is 0 Å². The zero-order valence-corrected chi connectivity index (χ0v) is 16.4. The van der Waals surface area contributed by atoms with E-state index in [1.807, 2.05) is 24.0 Å². The van der Waals surface area contributed by atoms with Gasteiger partial charge < -0.3 is 14.6 Å². The Bertz CT molecular complexity index is 1080. The van der Waals surface area contributed by atoms with Gasteiger partial charge in [0, 0.05) is 31.3 Å². The molecular formula is C19H20F3N7O. The number of halogens is 3. The van der Waals surface area contributed by atoms with E-state index in [0.29, 0.717) is 5.69 Å². The number of nitrogens with one attached hydrogen (secondary N) is 1. The zero-order valence-electron chi connectivity index (χ0n) is 16.4. The maximum atomic E-state index is 13.3. The van der Waals surface area contributed by atoms with Crippen LogP contribution in [0.5, 0.6) is 0 Å². The molecule has 1 aliphatic carbocycles. The van der Waals surface area contributed by atoms with Crippen LogP contribution in [0.2, 0.25) is 0 Å². The predicted molar refractivity (Wildman–Crippen MR) is 103 cm³/mol. The van der Waals surface area contributed by atoms with E-state index in [1.54, 1.807) is 13.1 Å². The van der Waals surface area contributed by atoms with Gasteiger partial charge in [0.05, 0.1) is 29.5 Å². The molecule has 2 aliphatic heterocycles. The molecule has 30 heavy (non-hydrogen) atoms. The maximum absolute atomic E-state index is 13.3. The maximum Gasteiger partial charge on any atom is 0.416 e. The fraction of sp³-hybridized carbons (Fsp3) is 0.474. The second-order valence-electron chi connectivity index (χ2n) is 7.43. The van der Waals surface area contributed by atoms with Crippen molar-refractivity contribution in [3.63, 3.8) is 0 Å². The van der Waals surface area contributed by atoms with Crippen molar-refractivity contribution in [1.29, 1.82) is 0 Å². The highest BCUT2D eigenvalue weighted by molar-refractivity contribution is 6.01. The average Bonchev–Trinajstić information content (AvgIpc) is 3.36. The van der Waals surface area contributed by atoms with Crippen LogP contribution in [0.25, 0.3) is 0 Å². The number of guanidine groups is 1. The van der Waals surface area contributed by atoms with Crippen molar-refractivity contribution in [2.45, 2.75) is 45.1 Å². The van der Waals surface area contributed by atoms with Crippen LogP contribution in [0.1, 0.15) is 30.9 Å². The molecule has 8 nitrogen and oxygen atoms in total. The van der Waals surface area contributed by atoms with E-state index in [0.717, 1.165) is 24.5 Å². The first-order valence-electron chi connectivity index (χ1n) is 9.76. The van der Waals surface area contributed by atoms with Crippen LogP contribution in [0.3, 0.4) is 0 Å². The zero-order chi connectivity index (χ0) is 21.0. The summed E-state index contributed by atoms with van der Waals surface area (Å²) in [7, 11) is 0. The van der Waals surface area contributed by atoms with E-state index < -0.39 is 23.7 Å². The summed E-state index contributed by atoms with van der Waals surface area (Å²) in [6.45, 7) is 4.54. The topological polar surface area (TPSA) is 81.6 Å². The van der Waals surface area contributed by atoms with Gasteiger partial charge in [-0.1, -0.05) is 0 Å². The molecule has 158 valence electrons. The fourth-order valence-electron chi connectivity index (χ4n) is 4.20. The molecule has 0 fully saturated rings. The van der Waals surface area contributed by atoms with Gasteiger partial charge >= 0.3 is 6.18 Å². The molecule has 2 aromatic rings. The molecule has 0 aromatic carbocycles. The number of rotatable bonds is 4. The number of nitrogens with zero attached hydrogens (tertiary/aromatic N) is 6. The van der Waals surface area contributed by atoms with E-state index in [1.165, 1.54) is 6.21 Å². The lowest BCUT2D eigenvalue weighted by Crippen LogP contribution is -2.46. The van der Waals surface area contributed by atoms with Gasteiger partial charge in [-0.3, -0.25) is 4.68 Å². The monoisotopic (exact) mass is 419 g/mol. The normalized spacial score (nSPS) is 25.0. The second-order valence-corrected chi connectivity index (χ2v) is 7.43. The molecule has 11 heteroatoms. The number of fused-ring (bicyclic) bond motifs is 2. The van der Waals surface area contributed by atoms with Gasteiger partial charge in [-0.15, -0.1) is 0 Å². The number of aromatic nitrogens is 4. The molecule has 3 atom stereocenters. The van der Waals surface area contributed by atoms with E-state index in [-0.39, 0.29) is 24.4 Å². The summed E-state index contributed by atoms with van der Waals surface area (Å²) < 4.78 is 49.1. The van der Waals surface area contributed by atoms with Gasteiger partial charge in [-0.05, 0) is 20.3 Å². The molecule has 0 saturated heterocycles. The Kier molecular flexibility index (Phi) is 4.23. The Hall–Kier alpha value is -3.11. The van der Waals surface area contributed by atoms with Crippen LogP contribution in [0.15, 0.2) is 39.9 Å². The predicted octanol–water partition coefficient (Wildman–Crippen LogP) is 3.08. The van der Waals surface area contributed by atoms with Crippen molar-refractivity contribution in [3.8, 4) is 0 Å². The van der Waals surface area contributed by atoms with Crippen molar-refractivity contribution in [2.75, 3.05) is 11.9 Å². The first-order valence-corrected chi connectivity index (χ1v) is 9.76. The number of aliphatic imine (C=N–C) groups is 2. The molecular weight excluding hydrogens is 399 g/mol. The summed E-state index contributed by atoms with van der Waals surface area (Å²) in [6, 6.07) is -0.664. The largest absolute Gasteiger partial charge is 0.496 e. The van der Waals surface area contributed by atoms with E-state index in [2.05, 4.69) is 30.0 Å². The molecule has 0 bridgehead atoms. The molecule has 0 amide bonds. The molecule has 5 rings (SSSR count). The summed E-state index contributed by atoms with van der Waals surface area (Å²) in [5, 5.41) is 7.68. The third kappa shape index (κ3) is 2.91. The van der Waals surface area contributed by atoms with Crippen LogP contribution in [0, 0.1) is 12.8 Å². The molecule has 0 spiro atoms. The van der Waals surface area contributed by atoms with Gasteiger partial charge in [0.15, 0.2) is 0 Å². The summed E-state index contributed by atoms with van der Waals surface area (Å²) in [5.74, 6) is 0.176. The fourth-order valence-corrected chi connectivity index (χ4v) is 4.20. The second kappa shape index (κ2) is 6.71. The molecule has 0 radical (unpaired) electrons. The van der Waals surface area contributed by atoms with Gasteiger partial charge in [-0.2, -0.15) is 18.3 Å². The van der Waals surface area contributed by atoms with Crippen molar-refractivity contribution in [3.05, 3.63) is 41.4 Å². The van der Waals surface area contributed by atoms with Crippen molar-refractivity contribution < 1.29 is 17.9 Å². The number of hydrogen-bond donors (Lipinski definition) is 1. The Balaban J connectivity index is 1.37. The van der Waals surface area contributed by atoms with Crippen molar-refractivity contribution >= 4 is 17.9 Å². The number of alkyl halides is 3. The van der Waals surface area contributed by atoms with E-state index in [4.69, 9.17) is 4.74 Å². The Morgan fingerprint density at radius 2 is 2.17 bits per heavy atom. The highest BCUT2D eigenvalue weighted by atomic mass is 19.4. The molecule has 3 aliphatic rings. The Morgan fingerprint density at radius 1 is 1.33 bits per heavy atom. The van der Waals surface area contributed by atoms with Gasteiger partial charge in [-0.25, -0.2) is 15.0 Å². The van der Waals surface area contributed by atoms with Gasteiger partial charge in [0.25, 0.3) is 0 Å². The first kappa shape index (κ1) is 18.9. The third-order valence-electron chi connectivity index (χ3n) is 5.60. The van der Waals surface area contributed by atoms with E-state index in [9.17, 15) is 13.2 Å². The highest BCUT2D eigenvalue weighted by Crippen LogP contribution is 2.47. The summed E-state index contributed by atoms with van der Waals surface area (Å²) in [6.07, 6.45) is 3.31. The Morgan fingerprint density at radius 3 is 2.93 bits per heavy atom. The molecule has 4 heterocycles. The first-order chi connectivity index (χ1) is 14.4. The minimum absolute atomic E-state index is 0.0453. The lowest BCUT2D eigenvalue weighted by Gasteiger charge is -2.39. The molecule has 1 N–H and O–H groups in total. The summed E-state index contributed by atoms with van der Waals surface area (Å²) >= 11 is 0. The highest BCUT2D eigenvalue weighted by Gasteiger charge is 2.55. The number of anilines is 1. The quantitative estimate of drug-likeness (QED) is 0.826. The summed E-state index contributed by atoms with van der Waals surface area (Å²) in [5.41, 5.74) is 0.749. The summed E-state index contributed by atoms with van der Waals surface area (Å²) in [4.78, 5) is 12.9. The third-order valence-corrected chi connectivity index (χ3v) is 5.60. The average molecular weight is 419 g/mol. The lowest BCUT2D eigenvalue weighted by atomic mass is 9.77. The van der Waals surface area contributed by atoms with Crippen LogP contribution < -0.4 is 5.32 Å². The van der Waals surface area contributed by atoms with Gasteiger partial charge in [0.2, 0.25) is 5.96 Å². The van der Waals surface area contributed by atoms with Crippen LogP contribution in [-0.4, -0.2) is 50.3 Å². The number of imidazole rings is 1. The lowest BCUT2D eigenvalue weighted by molar-refractivity contribution is -0.108. The minimum Gasteiger partial charge on any atom is -0.496 e. The van der Waals surface area contributed by atoms with Crippen LogP contribution in [-0.2, 0) is 11.3 Å². The minimum atomic E-state index is -4.46. The SMILES string of the molecule is CCOC1=C(C(F)(F)F)[C@H]2C=NC(Nc3cn(C4CCn5ccnc54)nc3C)=NC12. The molecule has 0 saturated carbocycles. The Labute approximate surface area is 170 Å². The van der Waals surface area contributed by atoms with Crippen molar-refractivity contribution in [2.24, 2.45) is 15.9 Å². The van der Waals surface area contributed by atoms with Crippen LogP contribution in [0.4, 0.5) is 18.9 Å². The number of hydrogen-bond acceptors (Lipinski definition) is 6. The molecule has 2 unspecified atom stereocenters. The smallest absolute Gasteiger partial charge is 0.416 e. The van der Waals surface area contributed by atoms with Crippen LogP contribution >= 0.6 is 0 Å². The van der Waals surface area contributed by atoms with Crippen molar-refractivity contribution in [1.82, 2.24) is 19.3 Å². The van der Waals surface area contributed by atoms with Gasteiger partial charge in [0.1, 0.15) is 23.7 Å². The standard InChI is InChI=1S/C19H20F3N7O/c1-3-30-16-14(19(20,21)22)11-8-24-18(26-15(11)16)25-12-9-29(27-10(12)2)13-4-6-28-7-5-23-17(13)28/h5,7-9,11,13,15H,3-4,6H2,1-2H3,(H,25,26)/t11-,13?,15?/m1/s1.